The van der Waals surface area contributed by atoms with E-state index in [0.29, 0.717) is 12.5 Å². The lowest BCUT2D eigenvalue weighted by molar-refractivity contribution is 0.410. The van der Waals surface area contributed by atoms with Crippen molar-refractivity contribution in [2.75, 3.05) is 7.11 Å². The molecule has 0 saturated heterocycles. The van der Waals surface area contributed by atoms with Gasteiger partial charge in [0.25, 0.3) is 0 Å². The van der Waals surface area contributed by atoms with E-state index in [-0.39, 0.29) is 6.04 Å². The molecular formula is C12H20N4O. The van der Waals surface area contributed by atoms with Crippen LogP contribution in [0.3, 0.4) is 0 Å². The second-order valence-electron chi connectivity index (χ2n) is 3.92. The predicted octanol–water partition coefficient (Wildman–Crippen LogP) is 1.01. The zero-order valence-corrected chi connectivity index (χ0v) is 10.5. The monoisotopic (exact) mass is 236 g/mol. The summed E-state index contributed by atoms with van der Waals surface area (Å²) in [6.45, 7) is 4.56. The Kier molecular flexibility index (Phi) is 5.29. The van der Waals surface area contributed by atoms with Crippen molar-refractivity contribution in [3.63, 3.8) is 0 Å². The Bertz CT molecular complexity index is 377. The molecule has 0 heterocycles. The van der Waals surface area contributed by atoms with Gasteiger partial charge >= 0.3 is 0 Å². The lowest BCUT2D eigenvalue weighted by atomic mass is 10.2. The van der Waals surface area contributed by atoms with Crippen LogP contribution in [0.5, 0.6) is 5.75 Å². The number of nitrogens with one attached hydrogen (secondary N) is 2. The molecule has 1 aromatic carbocycles. The number of nitrogens with two attached hydrogens (primary N) is 1. The van der Waals surface area contributed by atoms with Crippen molar-refractivity contribution in [1.82, 2.24) is 10.7 Å². The van der Waals surface area contributed by atoms with Gasteiger partial charge in [0, 0.05) is 11.6 Å². The molecular weight excluding hydrogens is 216 g/mol. The van der Waals surface area contributed by atoms with Crippen LogP contribution < -0.4 is 21.3 Å². The quantitative estimate of drug-likeness (QED) is 0.316. The standard InChI is InChI=1S/C12H20N4O/c1-9(2)15-12(16-13)14-8-10-6-4-5-7-11(10)17-3/h4-7,9H,8,13H2,1-3H3,(H2,14,15,16). The number of hydrogen-bond acceptors (Lipinski definition) is 3. The molecule has 0 spiro atoms. The Morgan fingerprint density at radius 3 is 2.71 bits per heavy atom. The van der Waals surface area contributed by atoms with Crippen LogP contribution in [0.2, 0.25) is 0 Å². The smallest absolute Gasteiger partial charge is 0.206 e. The third-order valence-corrected chi connectivity index (χ3v) is 2.16. The molecule has 0 bridgehead atoms. The molecule has 0 amide bonds. The molecule has 0 unspecified atom stereocenters. The van der Waals surface area contributed by atoms with Crippen molar-refractivity contribution in [2.24, 2.45) is 10.8 Å². The lowest BCUT2D eigenvalue weighted by Crippen LogP contribution is -2.44. The van der Waals surface area contributed by atoms with Crippen LogP contribution in [0.25, 0.3) is 0 Å². The normalized spacial score (nSPS) is 11.5. The number of rotatable bonds is 4. The van der Waals surface area contributed by atoms with E-state index in [1.165, 1.54) is 0 Å². The highest BCUT2D eigenvalue weighted by Gasteiger charge is 2.02. The van der Waals surface area contributed by atoms with Crippen LogP contribution in [0, 0.1) is 0 Å². The van der Waals surface area contributed by atoms with Crippen molar-refractivity contribution >= 4 is 5.96 Å². The van der Waals surface area contributed by atoms with Crippen molar-refractivity contribution in [3.8, 4) is 5.75 Å². The first-order valence-corrected chi connectivity index (χ1v) is 5.57. The molecule has 5 heteroatoms. The minimum atomic E-state index is 0.280. The van der Waals surface area contributed by atoms with Crippen LogP contribution in [-0.4, -0.2) is 19.1 Å². The first-order chi connectivity index (χ1) is 8.17. The average molecular weight is 236 g/mol. The Morgan fingerprint density at radius 1 is 1.41 bits per heavy atom. The number of ether oxygens (including phenoxy) is 1. The molecule has 0 aliphatic rings. The fraction of sp³-hybridized carbons (Fsp3) is 0.417. The molecule has 0 aliphatic heterocycles. The Balaban J connectivity index is 2.72. The molecule has 0 saturated carbocycles. The molecule has 5 nitrogen and oxygen atoms in total. The third kappa shape index (κ3) is 4.32. The van der Waals surface area contributed by atoms with Crippen molar-refractivity contribution in [1.29, 1.82) is 0 Å². The van der Waals surface area contributed by atoms with Gasteiger partial charge in [-0.15, -0.1) is 0 Å². The maximum absolute atomic E-state index is 5.38. The molecule has 0 atom stereocenters. The number of hydrazine groups is 1. The number of guanidine groups is 1. The van der Waals surface area contributed by atoms with Crippen LogP contribution in [-0.2, 0) is 6.54 Å². The molecule has 0 aliphatic carbocycles. The highest BCUT2D eigenvalue weighted by atomic mass is 16.5. The molecule has 4 N–H and O–H groups in total. The van der Waals surface area contributed by atoms with E-state index in [1.54, 1.807) is 7.11 Å². The topological polar surface area (TPSA) is 71.7 Å². The van der Waals surface area contributed by atoms with Gasteiger partial charge in [-0.05, 0) is 19.9 Å². The Morgan fingerprint density at radius 2 is 2.12 bits per heavy atom. The fourth-order valence-electron chi connectivity index (χ4n) is 1.40. The summed E-state index contributed by atoms with van der Waals surface area (Å²) in [4.78, 5) is 4.35. The van der Waals surface area contributed by atoms with Crippen molar-refractivity contribution in [2.45, 2.75) is 26.4 Å². The average Bonchev–Trinajstić information content (AvgIpc) is 2.34. The largest absolute Gasteiger partial charge is 0.496 e. The highest BCUT2D eigenvalue weighted by Crippen LogP contribution is 2.17. The first kappa shape index (κ1) is 13.3. The summed E-state index contributed by atoms with van der Waals surface area (Å²) in [5, 5.41) is 3.11. The van der Waals surface area contributed by atoms with Gasteiger partial charge in [0.1, 0.15) is 5.75 Å². The molecule has 0 radical (unpaired) electrons. The second kappa shape index (κ2) is 6.75. The molecule has 94 valence electrons. The van der Waals surface area contributed by atoms with Crippen molar-refractivity contribution < 1.29 is 4.74 Å². The SMILES string of the molecule is COc1ccccc1CN=C(NN)NC(C)C. The van der Waals surface area contributed by atoms with Gasteiger partial charge in [0.05, 0.1) is 13.7 Å². The maximum Gasteiger partial charge on any atom is 0.206 e. The minimum Gasteiger partial charge on any atom is -0.496 e. The van der Waals surface area contributed by atoms with E-state index in [2.05, 4.69) is 15.7 Å². The van der Waals surface area contributed by atoms with Crippen molar-refractivity contribution in [3.05, 3.63) is 29.8 Å². The van der Waals surface area contributed by atoms with Gasteiger partial charge in [-0.1, -0.05) is 18.2 Å². The van der Waals surface area contributed by atoms with E-state index in [9.17, 15) is 0 Å². The summed E-state index contributed by atoms with van der Waals surface area (Å²) >= 11 is 0. The number of aliphatic imine (C=N–C) groups is 1. The minimum absolute atomic E-state index is 0.280. The van der Waals surface area contributed by atoms with Gasteiger partial charge in [0.15, 0.2) is 0 Å². The van der Waals surface area contributed by atoms with Gasteiger partial charge < -0.3 is 10.1 Å². The van der Waals surface area contributed by atoms with Gasteiger partial charge in [0.2, 0.25) is 5.96 Å². The summed E-state index contributed by atoms with van der Waals surface area (Å²) < 4.78 is 5.25. The fourth-order valence-corrected chi connectivity index (χ4v) is 1.40. The summed E-state index contributed by atoms with van der Waals surface area (Å²) in [6, 6.07) is 8.06. The Labute approximate surface area is 102 Å². The zero-order valence-electron chi connectivity index (χ0n) is 10.5. The highest BCUT2D eigenvalue weighted by molar-refractivity contribution is 5.79. The number of nitrogens with zero attached hydrogens (tertiary/aromatic N) is 1. The van der Waals surface area contributed by atoms with Crippen LogP contribution in [0.15, 0.2) is 29.3 Å². The first-order valence-electron chi connectivity index (χ1n) is 5.57. The predicted molar refractivity (Wildman–Crippen MR) is 69.7 cm³/mol. The molecule has 1 rings (SSSR count). The van der Waals surface area contributed by atoms with E-state index in [0.717, 1.165) is 11.3 Å². The molecule has 0 fully saturated rings. The number of benzene rings is 1. The van der Waals surface area contributed by atoms with Crippen LogP contribution >= 0.6 is 0 Å². The third-order valence-electron chi connectivity index (χ3n) is 2.16. The maximum atomic E-state index is 5.38. The molecule has 17 heavy (non-hydrogen) atoms. The summed E-state index contributed by atoms with van der Waals surface area (Å²) in [5.74, 6) is 6.79. The summed E-state index contributed by atoms with van der Waals surface area (Å²) in [5.41, 5.74) is 3.56. The van der Waals surface area contributed by atoms with Gasteiger partial charge in [-0.3, -0.25) is 5.43 Å². The zero-order chi connectivity index (χ0) is 12.7. The van der Waals surface area contributed by atoms with Crippen LogP contribution in [0.1, 0.15) is 19.4 Å². The Hall–Kier alpha value is -1.75. The lowest BCUT2D eigenvalue weighted by Gasteiger charge is -2.12. The number of para-hydroxylation sites is 1. The summed E-state index contributed by atoms with van der Waals surface area (Å²) in [7, 11) is 1.65. The number of hydrogen-bond donors (Lipinski definition) is 3. The van der Waals surface area contributed by atoms with Gasteiger partial charge in [-0.2, -0.15) is 0 Å². The van der Waals surface area contributed by atoms with E-state index in [1.807, 2.05) is 38.1 Å². The van der Waals surface area contributed by atoms with Crippen LogP contribution in [0.4, 0.5) is 0 Å². The van der Waals surface area contributed by atoms with E-state index < -0.39 is 0 Å². The summed E-state index contributed by atoms with van der Waals surface area (Å²) in [6.07, 6.45) is 0. The molecule has 1 aromatic rings. The van der Waals surface area contributed by atoms with E-state index >= 15 is 0 Å². The van der Waals surface area contributed by atoms with E-state index in [4.69, 9.17) is 10.6 Å². The second-order valence-corrected chi connectivity index (χ2v) is 3.92. The molecule has 0 aromatic heterocycles. The number of methoxy groups -OCH3 is 1. The van der Waals surface area contributed by atoms with Gasteiger partial charge in [-0.25, -0.2) is 10.8 Å².